The van der Waals surface area contributed by atoms with Crippen LogP contribution in [-0.2, 0) is 0 Å². The maximum absolute atomic E-state index is 10.3. The highest BCUT2D eigenvalue weighted by Gasteiger charge is 2.09. The number of hydrogen-bond donors (Lipinski definition) is 2. The Kier molecular flexibility index (Phi) is 1.63. The fourth-order valence-electron chi connectivity index (χ4n) is 0.561. The molecule has 5 nitrogen and oxygen atoms in total. The third-order valence-corrected chi connectivity index (χ3v) is 1.05. The van der Waals surface area contributed by atoms with Crippen LogP contribution in [0.4, 0.5) is 0 Å². The minimum Gasteiger partial charge on any atom is -0.507 e. The molecule has 0 saturated heterocycles. The molecule has 1 rings (SSSR count). The lowest BCUT2D eigenvalue weighted by atomic mass is 10.3. The van der Waals surface area contributed by atoms with Crippen molar-refractivity contribution in [2.75, 3.05) is 0 Å². The first-order chi connectivity index (χ1) is 5.11. The highest BCUT2D eigenvalue weighted by Crippen LogP contribution is 2.11. The number of rotatable bonds is 1. The molecule has 0 fully saturated rings. The maximum atomic E-state index is 10.3. The second-order valence-corrected chi connectivity index (χ2v) is 1.80. The van der Waals surface area contributed by atoms with Crippen molar-refractivity contribution in [2.45, 2.75) is 0 Å². The Morgan fingerprint density at radius 1 is 1.55 bits per heavy atom. The zero-order valence-corrected chi connectivity index (χ0v) is 5.27. The number of carboxylic acids is 1. The van der Waals surface area contributed by atoms with Crippen molar-refractivity contribution in [1.29, 1.82) is 0 Å². The topological polar surface area (TPSA) is 87.7 Å². The van der Waals surface area contributed by atoms with Gasteiger partial charge in [0.1, 0.15) is 17.6 Å². The van der Waals surface area contributed by atoms with Crippen LogP contribution < -0.4 is 5.63 Å². The average molecular weight is 156 g/mol. The van der Waals surface area contributed by atoms with Gasteiger partial charge in [0, 0.05) is 0 Å². The van der Waals surface area contributed by atoms with Gasteiger partial charge in [0.25, 0.3) is 0 Å². The van der Waals surface area contributed by atoms with Crippen LogP contribution in [0.3, 0.4) is 0 Å². The number of hydrogen-bond acceptors (Lipinski definition) is 4. The van der Waals surface area contributed by atoms with Crippen LogP contribution in [0.15, 0.2) is 21.5 Å². The zero-order valence-electron chi connectivity index (χ0n) is 5.27. The first kappa shape index (κ1) is 7.33. The van der Waals surface area contributed by atoms with E-state index < -0.39 is 22.9 Å². The number of carbonyl (C=O) groups is 1. The molecule has 0 unspecified atom stereocenters. The van der Waals surface area contributed by atoms with Gasteiger partial charge in [-0.05, 0) is 0 Å². The third kappa shape index (κ3) is 1.37. The number of carboxylic acid groups (broad SMARTS) is 1. The smallest absolute Gasteiger partial charge is 0.342 e. The Balaban J connectivity index is 3.31. The first-order valence-corrected chi connectivity index (χ1v) is 2.66. The van der Waals surface area contributed by atoms with Crippen molar-refractivity contribution < 1.29 is 19.4 Å². The highest BCUT2D eigenvalue weighted by molar-refractivity contribution is 5.89. The molecule has 0 spiro atoms. The summed E-state index contributed by atoms with van der Waals surface area (Å²) in [4.78, 5) is 20.6. The van der Waals surface area contributed by atoms with E-state index in [0.717, 1.165) is 0 Å². The van der Waals surface area contributed by atoms with Crippen LogP contribution in [0.25, 0.3) is 0 Å². The van der Waals surface area contributed by atoms with Gasteiger partial charge in [-0.15, -0.1) is 0 Å². The molecule has 0 aliphatic carbocycles. The number of aromatic carboxylic acids is 1. The van der Waals surface area contributed by atoms with E-state index >= 15 is 0 Å². The van der Waals surface area contributed by atoms with Gasteiger partial charge in [-0.2, -0.15) is 0 Å². The molecule has 1 aromatic rings. The summed E-state index contributed by atoms with van der Waals surface area (Å²) in [5.74, 6) is -1.93. The fraction of sp³-hybridized carbons (Fsp3) is 0. The molecule has 11 heavy (non-hydrogen) atoms. The van der Waals surface area contributed by atoms with Crippen molar-refractivity contribution in [3.05, 3.63) is 28.3 Å². The van der Waals surface area contributed by atoms with Crippen molar-refractivity contribution in [3.8, 4) is 5.75 Å². The fourth-order valence-corrected chi connectivity index (χ4v) is 0.561. The largest absolute Gasteiger partial charge is 0.507 e. The van der Waals surface area contributed by atoms with E-state index in [-0.39, 0.29) is 0 Å². The molecule has 0 amide bonds. The van der Waals surface area contributed by atoms with Gasteiger partial charge >= 0.3 is 11.6 Å². The van der Waals surface area contributed by atoms with Gasteiger partial charge < -0.3 is 14.6 Å². The second kappa shape index (κ2) is 2.45. The van der Waals surface area contributed by atoms with Gasteiger partial charge in [-0.1, -0.05) is 0 Å². The van der Waals surface area contributed by atoms with E-state index in [2.05, 4.69) is 4.42 Å². The maximum Gasteiger partial charge on any atom is 0.342 e. The summed E-state index contributed by atoms with van der Waals surface area (Å²) in [6.07, 6.45) is 0.694. The molecule has 0 saturated carbocycles. The van der Waals surface area contributed by atoms with Gasteiger partial charge in [-0.3, -0.25) is 0 Å². The molecule has 0 bridgehead atoms. The standard InChI is InChI=1S/C6H4O5/c7-4-1-5(8)11-2-3(4)6(9)10/h1-2,7H,(H,9,10). The van der Waals surface area contributed by atoms with Gasteiger partial charge in [0.2, 0.25) is 0 Å². The van der Waals surface area contributed by atoms with Crippen LogP contribution in [0.5, 0.6) is 5.75 Å². The summed E-state index contributed by atoms with van der Waals surface area (Å²) >= 11 is 0. The molecule has 2 N–H and O–H groups in total. The van der Waals surface area contributed by atoms with E-state index in [1.54, 1.807) is 0 Å². The lowest BCUT2D eigenvalue weighted by Gasteiger charge is -1.93. The summed E-state index contributed by atoms with van der Waals surface area (Å²) < 4.78 is 4.20. The number of aromatic hydroxyl groups is 1. The molecule has 0 aromatic carbocycles. The van der Waals surface area contributed by atoms with Crippen molar-refractivity contribution in [2.24, 2.45) is 0 Å². The Morgan fingerprint density at radius 2 is 2.18 bits per heavy atom. The molecular weight excluding hydrogens is 152 g/mol. The molecule has 0 aliphatic heterocycles. The van der Waals surface area contributed by atoms with Gasteiger partial charge in [-0.25, -0.2) is 9.59 Å². The minimum absolute atomic E-state index is 0.426. The van der Waals surface area contributed by atoms with Crippen LogP contribution in [-0.4, -0.2) is 16.2 Å². The van der Waals surface area contributed by atoms with E-state index in [0.29, 0.717) is 12.3 Å². The molecule has 58 valence electrons. The Hall–Kier alpha value is -1.78. The predicted octanol–water partition coefficient (Wildman–Crippen LogP) is 0.0436. The summed E-state index contributed by atoms with van der Waals surface area (Å²) in [6, 6.07) is 0.698. The van der Waals surface area contributed by atoms with E-state index in [1.165, 1.54) is 0 Å². The van der Waals surface area contributed by atoms with Crippen molar-refractivity contribution in [3.63, 3.8) is 0 Å². The lowest BCUT2D eigenvalue weighted by Crippen LogP contribution is -2.02. The molecule has 1 heterocycles. The van der Waals surface area contributed by atoms with Crippen LogP contribution in [0, 0.1) is 0 Å². The molecule has 0 atom stereocenters. The van der Waals surface area contributed by atoms with Gasteiger partial charge in [0.15, 0.2) is 0 Å². The van der Waals surface area contributed by atoms with Crippen molar-refractivity contribution >= 4 is 5.97 Å². The molecule has 0 radical (unpaired) electrons. The molecule has 0 aliphatic rings. The van der Waals surface area contributed by atoms with Crippen LogP contribution in [0.1, 0.15) is 10.4 Å². The summed E-state index contributed by atoms with van der Waals surface area (Å²) in [7, 11) is 0. The molecule has 5 heteroatoms. The lowest BCUT2D eigenvalue weighted by molar-refractivity contribution is 0.0690. The Morgan fingerprint density at radius 3 is 2.64 bits per heavy atom. The highest BCUT2D eigenvalue weighted by atomic mass is 16.4. The zero-order chi connectivity index (χ0) is 8.43. The van der Waals surface area contributed by atoms with E-state index in [4.69, 9.17) is 10.2 Å². The van der Waals surface area contributed by atoms with E-state index in [9.17, 15) is 9.59 Å². The SMILES string of the molecule is O=C(O)c1coc(=O)cc1O. The predicted molar refractivity (Wildman–Crippen MR) is 33.6 cm³/mol. The quantitative estimate of drug-likeness (QED) is 0.599. The van der Waals surface area contributed by atoms with Crippen LogP contribution >= 0.6 is 0 Å². The molecular formula is C6H4O5. The normalized spacial score (nSPS) is 9.45. The summed E-state index contributed by atoms with van der Waals surface area (Å²) in [6.45, 7) is 0. The average Bonchev–Trinajstić information content (AvgIpc) is 1.85. The van der Waals surface area contributed by atoms with Crippen molar-refractivity contribution in [1.82, 2.24) is 0 Å². The minimum atomic E-state index is -1.34. The molecule has 1 aromatic heterocycles. The van der Waals surface area contributed by atoms with Crippen LogP contribution in [0.2, 0.25) is 0 Å². The Labute approximate surface area is 60.5 Å². The van der Waals surface area contributed by atoms with E-state index in [1.807, 2.05) is 0 Å². The first-order valence-electron chi connectivity index (χ1n) is 2.66. The monoisotopic (exact) mass is 156 g/mol. The Bertz CT molecular complexity index is 337. The summed E-state index contributed by atoms with van der Waals surface area (Å²) in [5, 5.41) is 17.2. The second-order valence-electron chi connectivity index (χ2n) is 1.80. The van der Waals surface area contributed by atoms with Gasteiger partial charge in [0.05, 0.1) is 6.07 Å². The summed E-state index contributed by atoms with van der Waals surface area (Å²) in [5.41, 5.74) is -1.21. The third-order valence-electron chi connectivity index (χ3n) is 1.05.